The van der Waals surface area contributed by atoms with Crippen molar-refractivity contribution in [1.29, 1.82) is 0 Å². The monoisotopic (exact) mass is 374 g/mol. The Kier molecular flexibility index (Phi) is 5.57. The number of nitrogens with one attached hydrogen (secondary N) is 1. The fourth-order valence-electron chi connectivity index (χ4n) is 2.34. The quantitative estimate of drug-likeness (QED) is 0.835. The highest BCUT2D eigenvalue weighted by atomic mass is 19.4. The molecule has 0 fully saturated rings. The number of carbonyl (C=O) groups excluding carboxylic acids is 1. The summed E-state index contributed by atoms with van der Waals surface area (Å²) in [5.74, 6) is 0.196. The van der Waals surface area contributed by atoms with Gasteiger partial charge in [0.2, 0.25) is 0 Å². The average Bonchev–Trinajstić information content (AvgIpc) is 3.12. The van der Waals surface area contributed by atoms with Crippen LogP contribution in [-0.2, 0) is 13.2 Å². The summed E-state index contributed by atoms with van der Waals surface area (Å²) in [5.41, 5.74) is -1.35. The summed E-state index contributed by atoms with van der Waals surface area (Å²) >= 11 is 0. The predicted octanol–water partition coefficient (Wildman–Crippen LogP) is 2.41. The molecule has 0 aromatic carbocycles. The normalized spacial score (nSPS) is 13.1. The van der Waals surface area contributed by atoms with Crippen molar-refractivity contribution < 1.29 is 22.5 Å². The van der Waals surface area contributed by atoms with Crippen LogP contribution in [0.1, 0.15) is 48.9 Å². The lowest BCUT2D eigenvalue weighted by atomic mass is 10.2. The molecule has 144 valence electrons. The first-order valence-corrected chi connectivity index (χ1v) is 7.96. The van der Waals surface area contributed by atoms with Crippen LogP contribution in [0.15, 0.2) is 10.6 Å². The van der Waals surface area contributed by atoms with Crippen LogP contribution in [0.2, 0.25) is 0 Å². The first-order valence-electron chi connectivity index (χ1n) is 7.96. The molecule has 26 heavy (non-hydrogen) atoms. The van der Waals surface area contributed by atoms with Gasteiger partial charge in [-0.3, -0.25) is 9.48 Å². The molecule has 1 atom stereocenters. The van der Waals surface area contributed by atoms with Gasteiger partial charge in [-0.25, -0.2) is 0 Å². The van der Waals surface area contributed by atoms with Crippen molar-refractivity contribution in [2.45, 2.75) is 33.0 Å². The molecule has 8 nitrogen and oxygen atoms in total. The van der Waals surface area contributed by atoms with E-state index in [2.05, 4.69) is 20.6 Å². The fraction of sp³-hybridized carbons (Fsp3) is 0.600. The minimum atomic E-state index is -4.62. The van der Waals surface area contributed by atoms with Crippen molar-refractivity contribution in [3.63, 3.8) is 0 Å². The molecule has 0 bridgehead atoms. The molecule has 11 heteroatoms. The summed E-state index contributed by atoms with van der Waals surface area (Å²) in [6.07, 6.45) is -4.62. The fourth-order valence-corrected chi connectivity index (χ4v) is 2.34. The zero-order valence-corrected chi connectivity index (χ0v) is 15.1. The lowest BCUT2D eigenvalue weighted by Gasteiger charge is -2.16. The molecule has 0 radical (unpaired) electrons. The number of halogens is 3. The lowest BCUT2D eigenvalue weighted by molar-refractivity contribution is -0.141. The number of hydrogen-bond donors (Lipinski definition) is 1. The van der Waals surface area contributed by atoms with E-state index in [-0.39, 0.29) is 11.6 Å². The van der Waals surface area contributed by atoms with Crippen molar-refractivity contribution in [3.8, 4) is 0 Å². The number of carbonyl (C=O) groups is 1. The van der Waals surface area contributed by atoms with Crippen LogP contribution in [0, 0.1) is 5.92 Å². The summed E-state index contributed by atoms with van der Waals surface area (Å²) in [7, 11) is 3.08. The summed E-state index contributed by atoms with van der Waals surface area (Å²) in [5, 5.41) is 9.69. The molecule has 1 amide bonds. The van der Waals surface area contributed by atoms with Crippen LogP contribution >= 0.6 is 0 Å². The summed E-state index contributed by atoms with van der Waals surface area (Å²) < 4.78 is 44.1. The topological polar surface area (TPSA) is 89.1 Å². The zero-order chi connectivity index (χ0) is 19.6. The molecular weight excluding hydrogens is 353 g/mol. The molecule has 0 aliphatic carbocycles. The standard InChI is InChI=1S/C15H21F3N6O2/c1-8(2)7-23(4)14-20-13(26-22-14)9(3)19-12(25)10-6-11(15(16,17)18)21-24(10)5/h6,8-9H,7H2,1-5H3,(H,19,25). The van der Waals surface area contributed by atoms with Gasteiger partial charge in [-0.2, -0.15) is 23.3 Å². The maximum Gasteiger partial charge on any atom is 0.435 e. The Labute approximate surface area is 148 Å². The Bertz CT molecular complexity index is 768. The molecule has 1 unspecified atom stereocenters. The van der Waals surface area contributed by atoms with Crippen molar-refractivity contribution in [2.24, 2.45) is 13.0 Å². The molecule has 0 saturated heterocycles. The van der Waals surface area contributed by atoms with Crippen LogP contribution in [0.25, 0.3) is 0 Å². The third kappa shape index (κ3) is 4.52. The van der Waals surface area contributed by atoms with Gasteiger partial charge in [-0.1, -0.05) is 13.8 Å². The van der Waals surface area contributed by atoms with Gasteiger partial charge in [0.15, 0.2) is 5.69 Å². The molecule has 1 N–H and O–H groups in total. The first-order chi connectivity index (χ1) is 12.0. The number of aryl methyl sites for hydroxylation is 1. The highest BCUT2D eigenvalue weighted by molar-refractivity contribution is 5.92. The van der Waals surface area contributed by atoms with E-state index in [1.807, 2.05) is 25.8 Å². The van der Waals surface area contributed by atoms with Gasteiger partial charge < -0.3 is 14.7 Å². The Morgan fingerprint density at radius 1 is 1.38 bits per heavy atom. The Morgan fingerprint density at radius 2 is 2.04 bits per heavy atom. The third-order valence-corrected chi connectivity index (χ3v) is 3.53. The number of alkyl halides is 3. The maximum absolute atomic E-state index is 12.7. The van der Waals surface area contributed by atoms with Crippen molar-refractivity contribution >= 4 is 11.9 Å². The van der Waals surface area contributed by atoms with Crippen molar-refractivity contribution in [2.75, 3.05) is 18.5 Å². The first kappa shape index (κ1) is 19.7. The molecule has 0 aliphatic heterocycles. The van der Waals surface area contributed by atoms with Crippen molar-refractivity contribution in [1.82, 2.24) is 25.2 Å². The van der Waals surface area contributed by atoms with E-state index in [1.54, 1.807) is 6.92 Å². The number of nitrogens with zero attached hydrogens (tertiary/aromatic N) is 5. The molecule has 2 rings (SSSR count). The van der Waals surface area contributed by atoms with Gasteiger partial charge in [-0.05, 0) is 18.0 Å². The highest BCUT2D eigenvalue weighted by Gasteiger charge is 2.35. The SMILES string of the molecule is CC(C)CN(C)c1noc(C(C)NC(=O)c2cc(C(F)(F)F)nn2C)n1. The zero-order valence-electron chi connectivity index (χ0n) is 15.1. The predicted molar refractivity (Wildman–Crippen MR) is 86.5 cm³/mol. The molecule has 2 heterocycles. The van der Waals surface area contributed by atoms with Gasteiger partial charge in [0.25, 0.3) is 17.7 Å². The number of amides is 1. The van der Waals surface area contributed by atoms with Crippen molar-refractivity contribution in [3.05, 3.63) is 23.3 Å². The minimum Gasteiger partial charge on any atom is -0.341 e. The van der Waals surface area contributed by atoms with Crippen LogP contribution in [-0.4, -0.2) is 39.4 Å². The van der Waals surface area contributed by atoms with E-state index in [1.165, 1.54) is 7.05 Å². The molecule has 0 spiro atoms. The largest absolute Gasteiger partial charge is 0.435 e. The van der Waals surface area contributed by atoms with Gasteiger partial charge in [0.05, 0.1) is 0 Å². The van der Waals surface area contributed by atoms with E-state index in [4.69, 9.17) is 4.52 Å². The van der Waals surface area contributed by atoms with Gasteiger partial charge >= 0.3 is 6.18 Å². The molecular formula is C15H21F3N6O2. The lowest BCUT2D eigenvalue weighted by Crippen LogP contribution is -2.28. The molecule has 2 aromatic heterocycles. The summed E-state index contributed by atoms with van der Waals surface area (Å²) in [6, 6.07) is 0.0120. The Morgan fingerprint density at radius 3 is 2.58 bits per heavy atom. The second-order valence-electron chi connectivity index (χ2n) is 6.44. The van der Waals surface area contributed by atoms with Crippen LogP contribution in [0.3, 0.4) is 0 Å². The van der Waals surface area contributed by atoms with E-state index in [0.29, 0.717) is 17.9 Å². The third-order valence-electron chi connectivity index (χ3n) is 3.53. The van der Waals surface area contributed by atoms with E-state index in [9.17, 15) is 18.0 Å². The van der Waals surface area contributed by atoms with Crippen LogP contribution < -0.4 is 10.2 Å². The van der Waals surface area contributed by atoms with E-state index >= 15 is 0 Å². The minimum absolute atomic E-state index is 0.155. The number of anilines is 1. The van der Waals surface area contributed by atoms with Gasteiger partial charge in [0.1, 0.15) is 11.7 Å². The van der Waals surface area contributed by atoms with E-state index < -0.39 is 23.8 Å². The molecule has 0 saturated carbocycles. The van der Waals surface area contributed by atoms with Gasteiger partial charge in [-0.15, -0.1) is 0 Å². The smallest absolute Gasteiger partial charge is 0.341 e. The summed E-state index contributed by atoms with van der Waals surface area (Å²) in [4.78, 5) is 18.3. The Balaban J connectivity index is 2.08. The highest BCUT2D eigenvalue weighted by Crippen LogP contribution is 2.28. The number of hydrogen-bond acceptors (Lipinski definition) is 6. The Hall–Kier alpha value is -2.59. The second kappa shape index (κ2) is 7.34. The molecule has 2 aromatic rings. The molecule has 0 aliphatic rings. The van der Waals surface area contributed by atoms with Crippen LogP contribution in [0.5, 0.6) is 0 Å². The maximum atomic E-state index is 12.7. The number of rotatable bonds is 6. The summed E-state index contributed by atoms with van der Waals surface area (Å²) in [6.45, 7) is 6.40. The second-order valence-corrected chi connectivity index (χ2v) is 6.44. The van der Waals surface area contributed by atoms with E-state index in [0.717, 1.165) is 11.2 Å². The van der Waals surface area contributed by atoms with Crippen LogP contribution in [0.4, 0.5) is 19.1 Å². The average molecular weight is 374 g/mol. The number of aromatic nitrogens is 4. The van der Waals surface area contributed by atoms with Gasteiger partial charge in [0, 0.05) is 26.7 Å².